The van der Waals surface area contributed by atoms with Gasteiger partial charge in [0, 0.05) is 16.6 Å². The van der Waals surface area contributed by atoms with Crippen LogP contribution in [0.5, 0.6) is 0 Å². The average molecular weight is 253 g/mol. The number of carbonyl (C=O) groups is 1. The third-order valence-corrected chi connectivity index (χ3v) is 3.04. The molecule has 2 aromatic rings. The first kappa shape index (κ1) is 11.1. The number of rotatable bonds is 3. The Kier molecular flexibility index (Phi) is 3.54. The molecule has 3 nitrogen and oxygen atoms in total. The van der Waals surface area contributed by atoms with Gasteiger partial charge in [-0.05, 0) is 11.6 Å². The lowest BCUT2D eigenvalue weighted by Gasteiger charge is -2.03. The van der Waals surface area contributed by atoms with Crippen LogP contribution in [0.25, 0.3) is 0 Å². The van der Waals surface area contributed by atoms with Crippen molar-refractivity contribution in [1.82, 2.24) is 4.98 Å². The zero-order valence-corrected chi connectivity index (χ0v) is 9.89. The lowest BCUT2D eigenvalue weighted by Crippen LogP contribution is -2.14. The summed E-state index contributed by atoms with van der Waals surface area (Å²) in [6.07, 6.45) is 1.91. The van der Waals surface area contributed by atoms with Gasteiger partial charge in [0.2, 0.25) is 5.91 Å². The molecule has 0 saturated carbocycles. The van der Waals surface area contributed by atoms with Crippen LogP contribution in [0.2, 0.25) is 5.02 Å². The molecule has 1 aromatic heterocycles. The largest absolute Gasteiger partial charge is 0.302 e. The fourth-order valence-corrected chi connectivity index (χ4v) is 2.01. The van der Waals surface area contributed by atoms with Crippen molar-refractivity contribution in [2.24, 2.45) is 0 Å². The summed E-state index contributed by atoms with van der Waals surface area (Å²) in [5, 5.41) is 5.73. The monoisotopic (exact) mass is 252 g/mol. The minimum atomic E-state index is -0.108. The smallest absolute Gasteiger partial charge is 0.230 e. The number of carbonyl (C=O) groups excluding carboxylic acids is 1. The van der Waals surface area contributed by atoms with Gasteiger partial charge in [-0.25, -0.2) is 4.98 Å². The lowest BCUT2D eigenvalue weighted by molar-refractivity contribution is -0.115. The molecule has 2 rings (SSSR count). The maximum absolute atomic E-state index is 11.6. The highest BCUT2D eigenvalue weighted by molar-refractivity contribution is 7.13. The van der Waals surface area contributed by atoms with Crippen molar-refractivity contribution >= 4 is 34.0 Å². The molecule has 0 saturated heterocycles. The molecule has 0 aliphatic carbocycles. The van der Waals surface area contributed by atoms with Crippen LogP contribution < -0.4 is 5.32 Å². The van der Waals surface area contributed by atoms with Crippen LogP contribution in [0.15, 0.2) is 35.8 Å². The van der Waals surface area contributed by atoms with E-state index in [1.54, 1.807) is 12.3 Å². The summed E-state index contributed by atoms with van der Waals surface area (Å²) in [4.78, 5) is 15.6. The number of benzene rings is 1. The van der Waals surface area contributed by atoms with Crippen LogP contribution in [0, 0.1) is 0 Å². The van der Waals surface area contributed by atoms with Gasteiger partial charge in [0.05, 0.1) is 6.42 Å². The van der Waals surface area contributed by atoms with Crippen LogP contribution in [0.3, 0.4) is 0 Å². The van der Waals surface area contributed by atoms with Crippen LogP contribution in [-0.2, 0) is 11.2 Å². The van der Waals surface area contributed by atoms with Gasteiger partial charge in [-0.3, -0.25) is 4.79 Å². The van der Waals surface area contributed by atoms with E-state index in [2.05, 4.69) is 10.3 Å². The van der Waals surface area contributed by atoms with Gasteiger partial charge >= 0.3 is 0 Å². The summed E-state index contributed by atoms with van der Waals surface area (Å²) in [5.74, 6) is -0.108. The standard InChI is InChI=1S/C11H9ClN2OS/c12-9-4-2-1-3-8(9)7-10(15)14-11-13-5-6-16-11/h1-6H,7H2,(H,13,14,15). The minimum absolute atomic E-state index is 0.108. The van der Waals surface area contributed by atoms with Crippen molar-refractivity contribution in [2.75, 3.05) is 5.32 Å². The van der Waals surface area contributed by atoms with Gasteiger partial charge in [0.15, 0.2) is 5.13 Å². The average Bonchev–Trinajstić information content (AvgIpc) is 2.74. The van der Waals surface area contributed by atoms with Crippen molar-refractivity contribution in [3.8, 4) is 0 Å². The van der Waals surface area contributed by atoms with E-state index in [0.29, 0.717) is 10.2 Å². The Labute approximate surface area is 102 Å². The van der Waals surface area contributed by atoms with Gasteiger partial charge in [0.25, 0.3) is 0 Å². The first-order valence-corrected chi connectivity index (χ1v) is 5.94. The van der Waals surface area contributed by atoms with Crippen molar-refractivity contribution < 1.29 is 4.79 Å². The second-order valence-electron chi connectivity index (χ2n) is 3.15. The molecule has 0 aliphatic heterocycles. The second kappa shape index (κ2) is 5.09. The zero-order valence-electron chi connectivity index (χ0n) is 8.31. The van der Waals surface area contributed by atoms with Gasteiger partial charge in [-0.2, -0.15) is 0 Å². The Bertz CT molecular complexity index is 484. The van der Waals surface area contributed by atoms with Crippen LogP contribution in [0.4, 0.5) is 5.13 Å². The maximum Gasteiger partial charge on any atom is 0.230 e. The van der Waals surface area contributed by atoms with E-state index in [9.17, 15) is 4.79 Å². The van der Waals surface area contributed by atoms with Crippen LogP contribution in [-0.4, -0.2) is 10.9 Å². The fourth-order valence-electron chi connectivity index (χ4n) is 1.26. The first-order chi connectivity index (χ1) is 7.75. The third kappa shape index (κ3) is 2.81. The molecular formula is C11H9ClN2OS. The number of thiazole rings is 1. The summed E-state index contributed by atoms with van der Waals surface area (Å²) < 4.78 is 0. The van der Waals surface area contributed by atoms with Crippen molar-refractivity contribution in [1.29, 1.82) is 0 Å². The topological polar surface area (TPSA) is 42.0 Å². The molecule has 1 amide bonds. The molecule has 0 bridgehead atoms. The minimum Gasteiger partial charge on any atom is -0.302 e. The highest BCUT2D eigenvalue weighted by Gasteiger charge is 2.07. The van der Waals surface area contributed by atoms with E-state index in [1.807, 2.05) is 23.6 Å². The summed E-state index contributed by atoms with van der Waals surface area (Å²) in [7, 11) is 0. The molecule has 0 fully saturated rings. The predicted molar refractivity (Wildman–Crippen MR) is 65.9 cm³/mol. The molecule has 16 heavy (non-hydrogen) atoms. The maximum atomic E-state index is 11.6. The fraction of sp³-hybridized carbons (Fsp3) is 0.0909. The number of hydrogen-bond donors (Lipinski definition) is 1. The van der Waals surface area contributed by atoms with Crippen LogP contribution in [0.1, 0.15) is 5.56 Å². The molecule has 0 atom stereocenters. The summed E-state index contributed by atoms with van der Waals surface area (Å²) in [6, 6.07) is 7.31. The number of amides is 1. The molecule has 1 heterocycles. The Morgan fingerprint density at radius 3 is 2.94 bits per heavy atom. The lowest BCUT2D eigenvalue weighted by atomic mass is 10.1. The molecule has 0 spiro atoms. The Hall–Kier alpha value is -1.39. The number of nitrogens with one attached hydrogen (secondary N) is 1. The number of anilines is 1. The summed E-state index contributed by atoms with van der Waals surface area (Å²) in [6.45, 7) is 0. The number of hydrogen-bond acceptors (Lipinski definition) is 3. The number of nitrogens with zero attached hydrogens (tertiary/aromatic N) is 1. The van der Waals surface area contributed by atoms with E-state index in [1.165, 1.54) is 11.3 Å². The van der Waals surface area contributed by atoms with Gasteiger partial charge in [0.1, 0.15) is 0 Å². The van der Waals surface area contributed by atoms with E-state index < -0.39 is 0 Å². The molecule has 0 radical (unpaired) electrons. The SMILES string of the molecule is O=C(Cc1ccccc1Cl)Nc1nccs1. The first-order valence-electron chi connectivity index (χ1n) is 4.68. The zero-order chi connectivity index (χ0) is 11.4. The molecule has 0 unspecified atom stereocenters. The molecule has 1 aromatic carbocycles. The quantitative estimate of drug-likeness (QED) is 0.913. The molecule has 82 valence electrons. The van der Waals surface area contributed by atoms with Crippen molar-refractivity contribution in [3.63, 3.8) is 0 Å². The van der Waals surface area contributed by atoms with Gasteiger partial charge in [-0.1, -0.05) is 29.8 Å². The third-order valence-electron chi connectivity index (χ3n) is 1.99. The van der Waals surface area contributed by atoms with Crippen molar-refractivity contribution in [2.45, 2.75) is 6.42 Å². The van der Waals surface area contributed by atoms with E-state index in [-0.39, 0.29) is 12.3 Å². The summed E-state index contributed by atoms with van der Waals surface area (Å²) in [5.41, 5.74) is 0.818. The van der Waals surface area contributed by atoms with Gasteiger partial charge < -0.3 is 5.32 Å². The Morgan fingerprint density at radius 1 is 1.44 bits per heavy atom. The molecule has 0 aliphatic rings. The van der Waals surface area contributed by atoms with Crippen LogP contribution >= 0.6 is 22.9 Å². The summed E-state index contributed by atoms with van der Waals surface area (Å²) >= 11 is 7.35. The van der Waals surface area contributed by atoms with E-state index >= 15 is 0 Å². The molecular weight excluding hydrogens is 244 g/mol. The van der Waals surface area contributed by atoms with E-state index in [0.717, 1.165) is 5.56 Å². The second-order valence-corrected chi connectivity index (χ2v) is 4.46. The molecule has 5 heteroatoms. The van der Waals surface area contributed by atoms with E-state index in [4.69, 9.17) is 11.6 Å². The highest BCUT2D eigenvalue weighted by Crippen LogP contribution is 2.16. The highest BCUT2D eigenvalue weighted by atomic mass is 35.5. The number of aromatic nitrogens is 1. The van der Waals surface area contributed by atoms with Crippen molar-refractivity contribution in [3.05, 3.63) is 46.4 Å². The number of halogens is 1. The van der Waals surface area contributed by atoms with Gasteiger partial charge in [-0.15, -0.1) is 11.3 Å². The normalized spacial score (nSPS) is 10.1. The Morgan fingerprint density at radius 2 is 2.25 bits per heavy atom. The Balaban J connectivity index is 2.00. The predicted octanol–water partition coefficient (Wildman–Crippen LogP) is 2.98. The molecule has 1 N–H and O–H groups in total.